The molecule has 0 fully saturated rings. The third kappa shape index (κ3) is 4.98. The molecule has 2 aromatic rings. The van der Waals surface area contributed by atoms with Crippen LogP contribution in [0, 0.1) is 0 Å². The number of nitrogens with zero attached hydrogens (tertiary/aromatic N) is 1. The third-order valence-corrected chi connectivity index (χ3v) is 3.05. The Kier molecular flexibility index (Phi) is 6.41. The van der Waals surface area contributed by atoms with Crippen molar-refractivity contribution in [3.05, 3.63) is 48.3 Å². The number of pyridine rings is 1. The van der Waals surface area contributed by atoms with Gasteiger partial charge in [0.2, 0.25) is 0 Å². The number of carbonyl (C=O) groups is 1. The van der Waals surface area contributed by atoms with Crippen LogP contribution in [-0.4, -0.2) is 24.1 Å². The fourth-order valence-electron chi connectivity index (χ4n) is 1.95. The largest absolute Gasteiger partial charge is 0.490 e. The molecule has 1 N–H and O–H groups in total. The molecule has 0 aliphatic rings. The van der Waals surface area contributed by atoms with E-state index in [0.29, 0.717) is 36.0 Å². The highest BCUT2D eigenvalue weighted by Crippen LogP contribution is 2.29. The van der Waals surface area contributed by atoms with E-state index in [4.69, 9.17) is 9.47 Å². The van der Waals surface area contributed by atoms with Gasteiger partial charge in [-0.1, -0.05) is 13.8 Å². The smallest absolute Gasteiger partial charge is 0.255 e. The van der Waals surface area contributed by atoms with Gasteiger partial charge in [-0.05, 0) is 43.2 Å². The molecule has 1 heterocycles. The minimum atomic E-state index is -0.207. The number of rotatable bonds is 8. The van der Waals surface area contributed by atoms with Crippen LogP contribution in [0.15, 0.2) is 42.7 Å². The van der Waals surface area contributed by atoms with E-state index < -0.39 is 0 Å². The minimum absolute atomic E-state index is 0.207. The minimum Gasteiger partial charge on any atom is -0.490 e. The topological polar surface area (TPSA) is 60.5 Å². The monoisotopic (exact) mass is 314 g/mol. The number of anilines is 1. The number of amides is 1. The quantitative estimate of drug-likeness (QED) is 0.802. The summed E-state index contributed by atoms with van der Waals surface area (Å²) in [6, 6.07) is 8.78. The summed E-state index contributed by atoms with van der Waals surface area (Å²) >= 11 is 0. The Morgan fingerprint density at radius 2 is 1.83 bits per heavy atom. The van der Waals surface area contributed by atoms with Gasteiger partial charge in [-0.3, -0.25) is 9.78 Å². The molecule has 0 spiro atoms. The van der Waals surface area contributed by atoms with Crippen LogP contribution in [0.4, 0.5) is 5.69 Å². The standard InChI is InChI=1S/C18H22N2O3/c1-3-10-22-16-8-7-14(12-17(16)23-11-4-2)18(21)20-15-6-5-9-19-13-15/h5-9,12-13H,3-4,10-11H2,1-2H3,(H,20,21). The highest BCUT2D eigenvalue weighted by molar-refractivity contribution is 6.04. The Morgan fingerprint density at radius 3 is 2.48 bits per heavy atom. The first-order chi connectivity index (χ1) is 11.2. The van der Waals surface area contributed by atoms with E-state index in [1.165, 1.54) is 0 Å². The van der Waals surface area contributed by atoms with E-state index in [9.17, 15) is 4.79 Å². The first-order valence-corrected chi connectivity index (χ1v) is 7.85. The first kappa shape index (κ1) is 16.8. The Hall–Kier alpha value is -2.56. The van der Waals surface area contributed by atoms with Crippen molar-refractivity contribution in [2.75, 3.05) is 18.5 Å². The van der Waals surface area contributed by atoms with Crippen LogP contribution in [0.25, 0.3) is 0 Å². The lowest BCUT2D eigenvalue weighted by atomic mass is 10.2. The van der Waals surface area contributed by atoms with Gasteiger partial charge in [-0.25, -0.2) is 0 Å². The first-order valence-electron chi connectivity index (χ1n) is 7.85. The zero-order chi connectivity index (χ0) is 16.5. The van der Waals surface area contributed by atoms with Crippen LogP contribution in [0.2, 0.25) is 0 Å². The Bertz CT molecular complexity index is 629. The number of hydrogen-bond donors (Lipinski definition) is 1. The molecule has 0 unspecified atom stereocenters. The summed E-state index contributed by atoms with van der Waals surface area (Å²) in [7, 11) is 0. The summed E-state index contributed by atoms with van der Waals surface area (Å²) in [5.41, 5.74) is 1.17. The lowest BCUT2D eigenvalue weighted by Gasteiger charge is -2.13. The van der Waals surface area contributed by atoms with Crippen LogP contribution in [-0.2, 0) is 0 Å². The van der Waals surface area contributed by atoms with Crippen molar-refractivity contribution in [3.8, 4) is 11.5 Å². The second-order valence-corrected chi connectivity index (χ2v) is 5.05. The Balaban J connectivity index is 2.16. The summed E-state index contributed by atoms with van der Waals surface area (Å²) in [6.07, 6.45) is 5.06. The van der Waals surface area contributed by atoms with Gasteiger partial charge in [-0.15, -0.1) is 0 Å². The van der Waals surface area contributed by atoms with Crippen molar-refractivity contribution in [1.29, 1.82) is 0 Å². The van der Waals surface area contributed by atoms with E-state index in [0.717, 1.165) is 12.8 Å². The predicted molar refractivity (Wildman–Crippen MR) is 90.2 cm³/mol. The molecule has 1 amide bonds. The molecule has 122 valence electrons. The van der Waals surface area contributed by atoms with Gasteiger partial charge in [0.25, 0.3) is 5.91 Å². The maximum absolute atomic E-state index is 12.3. The lowest BCUT2D eigenvalue weighted by Crippen LogP contribution is -2.12. The third-order valence-electron chi connectivity index (χ3n) is 3.05. The van der Waals surface area contributed by atoms with Gasteiger partial charge in [0, 0.05) is 11.8 Å². The second kappa shape index (κ2) is 8.78. The highest BCUT2D eigenvalue weighted by Gasteiger charge is 2.12. The van der Waals surface area contributed by atoms with Crippen molar-refractivity contribution in [2.24, 2.45) is 0 Å². The maximum Gasteiger partial charge on any atom is 0.255 e. The van der Waals surface area contributed by atoms with E-state index in [1.807, 2.05) is 13.8 Å². The van der Waals surface area contributed by atoms with Gasteiger partial charge in [-0.2, -0.15) is 0 Å². The molecule has 0 saturated carbocycles. The molecule has 0 radical (unpaired) electrons. The highest BCUT2D eigenvalue weighted by atomic mass is 16.5. The van der Waals surface area contributed by atoms with Gasteiger partial charge in [0.15, 0.2) is 11.5 Å². The molecule has 0 atom stereocenters. The average molecular weight is 314 g/mol. The molecular weight excluding hydrogens is 292 g/mol. The molecular formula is C18H22N2O3. The zero-order valence-electron chi connectivity index (χ0n) is 13.5. The summed E-state index contributed by atoms with van der Waals surface area (Å²) in [5, 5.41) is 2.81. The van der Waals surface area contributed by atoms with Crippen LogP contribution >= 0.6 is 0 Å². The van der Waals surface area contributed by atoms with Crippen molar-refractivity contribution in [2.45, 2.75) is 26.7 Å². The molecule has 0 aliphatic heterocycles. The summed E-state index contributed by atoms with van der Waals surface area (Å²) < 4.78 is 11.4. The number of hydrogen-bond acceptors (Lipinski definition) is 4. The van der Waals surface area contributed by atoms with Crippen molar-refractivity contribution < 1.29 is 14.3 Å². The van der Waals surface area contributed by atoms with Crippen LogP contribution in [0.3, 0.4) is 0 Å². The van der Waals surface area contributed by atoms with E-state index in [-0.39, 0.29) is 5.91 Å². The van der Waals surface area contributed by atoms with E-state index in [1.54, 1.807) is 42.7 Å². The molecule has 5 nitrogen and oxygen atoms in total. The van der Waals surface area contributed by atoms with Gasteiger partial charge >= 0.3 is 0 Å². The van der Waals surface area contributed by atoms with Crippen molar-refractivity contribution >= 4 is 11.6 Å². The van der Waals surface area contributed by atoms with Crippen LogP contribution in [0.1, 0.15) is 37.0 Å². The maximum atomic E-state index is 12.3. The fraction of sp³-hybridized carbons (Fsp3) is 0.333. The van der Waals surface area contributed by atoms with Gasteiger partial charge in [0.05, 0.1) is 25.1 Å². The van der Waals surface area contributed by atoms with Gasteiger partial charge in [0.1, 0.15) is 0 Å². The second-order valence-electron chi connectivity index (χ2n) is 5.05. The average Bonchev–Trinajstić information content (AvgIpc) is 2.59. The molecule has 23 heavy (non-hydrogen) atoms. The molecule has 0 aliphatic carbocycles. The summed E-state index contributed by atoms with van der Waals surface area (Å²) in [6.45, 7) is 5.27. The number of ether oxygens (including phenoxy) is 2. The molecule has 5 heteroatoms. The fourth-order valence-corrected chi connectivity index (χ4v) is 1.95. The summed E-state index contributed by atoms with van der Waals surface area (Å²) in [4.78, 5) is 16.3. The van der Waals surface area contributed by atoms with Crippen molar-refractivity contribution in [1.82, 2.24) is 4.98 Å². The SMILES string of the molecule is CCCOc1ccc(C(=O)Nc2cccnc2)cc1OCCC. The predicted octanol–water partition coefficient (Wildman–Crippen LogP) is 3.91. The zero-order valence-corrected chi connectivity index (χ0v) is 13.5. The molecule has 1 aromatic heterocycles. The number of benzene rings is 1. The van der Waals surface area contributed by atoms with Crippen LogP contribution < -0.4 is 14.8 Å². The Labute approximate surface area is 136 Å². The van der Waals surface area contributed by atoms with Gasteiger partial charge < -0.3 is 14.8 Å². The van der Waals surface area contributed by atoms with E-state index >= 15 is 0 Å². The lowest BCUT2D eigenvalue weighted by molar-refractivity contribution is 0.102. The molecule has 0 bridgehead atoms. The molecule has 1 aromatic carbocycles. The van der Waals surface area contributed by atoms with Crippen LogP contribution in [0.5, 0.6) is 11.5 Å². The molecule has 2 rings (SSSR count). The van der Waals surface area contributed by atoms with E-state index in [2.05, 4.69) is 10.3 Å². The number of nitrogens with one attached hydrogen (secondary N) is 1. The number of carbonyl (C=O) groups excluding carboxylic acids is 1. The Morgan fingerprint density at radius 1 is 1.09 bits per heavy atom. The number of aromatic nitrogens is 1. The van der Waals surface area contributed by atoms with Crippen molar-refractivity contribution in [3.63, 3.8) is 0 Å². The molecule has 0 saturated heterocycles. The normalized spacial score (nSPS) is 10.2. The summed E-state index contributed by atoms with van der Waals surface area (Å²) in [5.74, 6) is 1.05.